The lowest BCUT2D eigenvalue weighted by molar-refractivity contribution is -0.385. The van der Waals surface area contributed by atoms with Gasteiger partial charge in [0.25, 0.3) is 37.1 Å². The number of hydrogen-bond acceptors (Lipinski definition) is 12. The number of sulfonamides is 2. The average Bonchev–Trinajstić information content (AvgIpc) is 3.04. The second-order valence-corrected chi connectivity index (χ2v) is 16.4. The molecule has 4 fully saturated rings. The van der Waals surface area contributed by atoms with Crippen molar-refractivity contribution in [1.82, 2.24) is 4.31 Å². The average molecular weight is 730 g/mol. The van der Waals surface area contributed by atoms with E-state index in [9.17, 15) is 57.1 Å². The number of rotatable bonds is 10. The first kappa shape index (κ1) is 34.4. The minimum atomic E-state index is -5.25. The number of carboxylic acids is 1. The van der Waals surface area contributed by atoms with Crippen molar-refractivity contribution in [3.8, 4) is 0 Å². The summed E-state index contributed by atoms with van der Waals surface area (Å²) in [5, 5.41) is 44.7. The number of non-ortho nitro benzene ring substituents is 3. The monoisotopic (exact) mass is 729 g/mol. The minimum absolute atomic E-state index is 0.0125. The fourth-order valence-corrected chi connectivity index (χ4v) is 11.3. The molecule has 4 bridgehead atoms. The summed E-state index contributed by atoms with van der Waals surface area (Å²) in [7, 11) is -10.4. The Balaban J connectivity index is 1.60. The highest BCUT2D eigenvalue weighted by atomic mass is 32.2. The van der Waals surface area contributed by atoms with Crippen molar-refractivity contribution in [1.29, 1.82) is 0 Å². The van der Waals surface area contributed by atoms with E-state index < -0.39 is 90.3 Å². The molecule has 0 heterocycles. The van der Waals surface area contributed by atoms with Crippen molar-refractivity contribution in [2.45, 2.75) is 53.9 Å². The number of aliphatic carboxylic acids is 1. The number of anilines is 1. The van der Waals surface area contributed by atoms with Crippen molar-refractivity contribution in [3.63, 3.8) is 0 Å². The zero-order chi connectivity index (χ0) is 36.4. The molecule has 0 aliphatic heterocycles. The predicted octanol–water partition coefficient (Wildman–Crippen LogP) is 4.84. The van der Waals surface area contributed by atoms with Crippen LogP contribution in [0.25, 0.3) is 0 Å². The van der Waals surface area contributed by atoms with E-state index in [1.54, 1.807) is 0 Å². The Hall–Kier alpha value is -5.50. The van der Waals surface area contributed by atoms with Crippen LogP contribution in [0.4, 0.5) is 27.5 Å². The molecule has 50 heavy (non-hydrogen) atoms. The van der Waals surface area contributed by atoms with Gasteiger partial charge in [-0.15, -0.1) is 0 Å². The van der Waals surface area contributed by atoms with Crippen LogP contribution in [0.1, 0.15) is 38.5 Å². The van der Waals surface area contributed by atoms with Crippen molar-refractivity contribution >= 4 is 54.8 Å². The molecule has 1 N–H and O–H groups in total. The molecule has 2 atom stereocenters. The highest BCUT2D eigenvalue weighted by Crippen LogP contribution is 2.64. The Morgan fingerprint density at radius 2 is 1.22 bits per heavy atom. The van der Waals surface area contributed by atoms with E-state index >= 15 is 4.79 Å². The SMILES string of the molecule is O=C(N(c1ccc([N+](=O)[O-])cc1)S(=O)(=O)c1cccc([N+](=O)[O-])c1)N(C12CC3CC(CC(C(=O)O)(C3)C1)C2)S(=O)(=O)c1ccc([N+](=O)[O-])cc1. The fraction of sp³-hybridized carbons (Fsp3) is 0.333. The summed E-state index contributed by atoms with van der Waals surface area (Å²) in [6.07, 6.45) is 0.582. The van der Waals surface area contributed by atoms with Gasteiger partial charge >= 0.3 is 12.0 Å². The van der Waals surface area contributed by atoms with Crippen molar-refractivity contribution < 1.29 is 46.3 Å². The lowest BCUT2D eigenvalue weighted by Crippen LogP contribution is -2.68. The molecule has 4 saturated carbocycles. The van der Waals surface area contributed by atoms with E-state index in [-0.39, 0.29) is 48.2 Å². The lowest BCUT2D eigenvalue weighted by Gasteiger charge is -2.62. The Morgan fingerprint density at radius 1 is 0.700 bits per heavy atom. The van der Waals surface area contributed by atoms with Crippen LogP contribution in [-0.4, -0.2) is 58.6 Å². The summed E-state index contributed by atoms with van der Waals surface area (Å²) >= 11 is 0. The first-order valence-corrected chi connectivity index (χ1v) is 17.9. The van der Waals surface area contributed by atoms with Gasteiger partial charge in [0, 0.05) is 36.4 Å². The van der Waals surface area contributed by atoms with Crippen LogP contribution in [0.3, 0.4) is 0 Å². The third kappa shape index (κ3) is 5.58. The van der Waals surface area contributed by atoms with Gasteiger partial charge in [-0.1, -0.05) is 6.07 Å². The van der Waals surface area contributed by atoms with Gasteiger partial charge in [0.05, 0.1) is 41.2 Å². The third-order valence-corrected chi connectivity index (χ3v) is 13.3. The molecule has 18 nitrogen and oxygen atoms in total. The number of nitro groups is 3. The Labute approximate surface area is 283 Å². The van der Waals surface area contributed by atoms with Gasteiger partial charge in [-0.3, -0.25) is 35.1 Å². The molecule has 3 aromatic rings. The van der Waals surface area contributed by atoms with Crippen LogP contribution in [0, 0.1) is 47.6 Å². The van der Waals surface area contributed by atoms with Gasteiger partial charge in [0.2, 0.25) is 0 Å². The summed E-state index contributed by atoms with van der Waals surface area (Å²) in [5.74, 6) is -1.90. The highest BCUT2D eigenvalue weighted by Gasteiger charge is 2.66. The Kier molecular flexibility index (Phi) is 8.13. The number of nitrogens with zero attached hydrogens (tertiary/aromatic N) is 5. The zero-order valence-electron chi connectivity index (χ0n) is 25.7. The van der Waals surface area contributed by atoms with E-state index in [2.05, 4.69) is 0 Å². The summed E-state index contributed by atoms with van der Waals surface area (Å²) in [6, 6.07) is 8.92. The van der Waals surface area contributed by atoms with E-state index in [0.29, 0.717) is 16.8 Å². The molecular formula is C30H27N5O13S2. The number of amides is 2. The van der Waals surface area contributed by atoms with Crippen molar-refractivity contribution in [3.05, 3.63) is 103 Å². The van der Waals surface area contributed by atoms with Crippen LogP contribution in [0.15, 0.2) is 82.6 Å². The molecule has 0 saturated heterocycles. The number of carbonyl (C=O) groups excluding carboxylic acids is 1. The van der Waals surface area contributed by atoms with Crippen LogP contribution >= 0.6 is 0 Å². The number of benzene rings is 3. The maximum absolute atomic E-state index is 15.1. The molecule has 0 aromatic heterocycles. The van der Waals surface area contributed by atoms with E-state index in [1.165, 1.54) is 0 Å². The number of nitro benzene ring substituents is 3. The summed E-state index contributed by atoms with van der Waals surface area (Å²) < 4.78 is 58.7. The fourth-order valence-electron chi connectivity index (χ4n) is 8.12. The molecular weight excluding hydrogens is 702 g/mol. The Bertz CT molecular complexity index is 2160. The molecule has 7 rings (SSSR count). The molecule has 0 spiro atoms. The standard InChI is InChI=1S/C30H27N5O13S2/c36-27(37)29-14-19-12-20(15-29)17-30(16-19,18-29)32(50(47,48)25-10-8-23(9-11-25)34(41)42)28(38)31(21-4-6-22(7-5-21)33(39)40)49(45,46)26-3-1-2-24(13-26)35(43)44/h1-11,13,19-20H,12,14-18H2,(H,36,37). The zero-order valence-corrected chi connectivity index (χ0v) is 27.4. The van der Waals surface area contributed by atoms with Gasteiger partial charge in [-0.05, 0) is 80.7 Å². The van der Waals surface area contributed by atoms with E-state index in [1.807, 2.05) is 0 Å². The molecule has 262 valence electrons. The largest absolute Gasteiger partial charge is 0.481 e. The summed E-state index contributed by atoms with van der Waals surface area (Å²) in [4.78, 5) is 58.2. The Morgan fingerprint density at radius 3 is 1.72 bits per heavy atom. The molecule has 2 unspecified atom stereocenters. The molecule has 0 radical (unpaired) electrons. The number of hydrogen-bond donors (Lipinski definition) is 1. The van der Waals surface area contributed by atoms with E-state index in [0.717, 1.165) is 66.7 Å². The quantitative estimate of drug-likeness (QED) is 0.217. The van der Waals surface area contributed by atoms with Crippen molar-refractivity contribution in [2.24, 2.45) is 17.3 Å². The molecule has 2 amide bonds. The maximum atomic E-state index is 15.1. The normalized spacial score (nSPS) is 23.9. The highest BCUT2D eigenvalue weighted by molar-refractivity contribution is 7.94. The first-order chi connectivity index (χ1) is 23.4. The molecule has 3 aromatic carbocycles. The van der Waals surface area contributed by atoms with Crippen LogP contribution in [-0.2, 0) is 24.8 Å². The lowest BCUT2D eigenvalue weighted by atomic mass is 9.47. The topological polar surface area (TPSA) is 259 Å². The van der Waals surface area contributed by atoms with Gasteiger partial charge < -0.3 is 5.11 Å². The van der Waals surface area contributed by atoms with Crippen molar-refractivity contribution in [2.75, 3.05) is 4.31 Å². The van der Waals surface area contributed by atoms with Crippen LogP contribution < -0.4 is 4.31 Å². The predicted molar refractivity (Wildman–Crippen MR) is 171 cm³/mol. The molecule has 20 heteroatoms. The number of carboxylic acid groups (broad SMARTS) is 1. The van der Waals surface area contributed by atoms with Gasteiger partial charge in [-0.25, -0.2) is 25.9 Å². The van der Waals surface area contributed by atoms with Gasteiger partial charge in [0.1, 0.15) is 0 Å². The third-order valence-electron chi connectivity index (χ3n) is 9.71. The smallest absolute Gasteiger partial charge is 0.353 e. The van der Waals surface area contributed by atoms with Gasteiger partial charge in [-0.2, -0.15) is 4.31 Å². The number of urea groups is 1. The summed E-state index contributed by atoms with van der Waals surface area (Å²) in [5.41, 5.74) is -5.45. The maximum Gasteiger partial charge on any atom is 0.353 e. The van der Waals surface area contributed by atoms with Gasteiger partial charge in [0.15, 0.2) is 0 Å². The first-order valence-electron chi connectivity index (χ1n) is 15.0. The molecule has 4 aliphatic rings. The van der Waals surface area contributed by atoms with Crippen LogP contribution in [0.2, 0.25) is 0 Å². The van der Waals surface area contributed by atoms with Crippen LogP contribution in [0.5, 0.6) is 0 Å². The second kappa shape index (κ2) is 11.8. The summed E-state index contributed by atoms with van der Waals surface area (Å²) in [6.45, 7) is 0. The second-order valence-electron chi connectivity index (χ2n) is 12.9. The van der Waals surface area contributed by atoms with E-state index in [4.69, 9.17) is 0 Å². The molecule has 4 aliphatic carbocycles. The minimum Gasteiger partial charge on any atom is -0.481 e. The number of carbonyl (C=O) groups is 2.